The van der Waals surface area contributed by atoms with Crippen LogP contribution >= 0.6 is 0 Å². The zero-order valence-corrected chi connectivity index (χ0v) is 12.9. The van der Waals surface area contributed by atoms with E-state index in [1.165, 1.54) is 0 Å². The maximum Gasteiger partial charge on any atom is 0.329 e. The molecule has 6 heteroatoms. The number of amides is 2. The molecule has 1 rings (SSSR count). The van der Waals surface area contributed by atoms with E-state index in [4.69, 9.17) is 5.26 Å². The number of nitrogens with one attached hydrogen (secondary N) is 1. The normalized spacial score (nSPS) is 17.0. The lowest BCUT2D eigenvalue weighted by atomic mass is 9.82. The standard InChI is InChI=1S/C15H25N3O3/c1-12(2)11-18(10-6-9-16)14(21)17-15(13(19)20)7-4-3-5-8-15/h12H,3-8,10-11H2,1-2H3,(H,17,21)(H,19,20). The molecule has 0 radical (unpaired) electrons. The fourth-order valence-corrected chi connectivity index (χ4v) is 2.73. The van der Waals surface area contributed by atoms with Crippen LogP contribution in [0.25, 0.3) is 0 Å². The second kappa shape index (κ2) is 7.87. The van der Waals surface area contributed by atoms with Crippen molar-refractivity contribution in [1.29, 1.82) is 5.26 Å². The summed E-state index contributed by atoms with van der Waals surface area (Å²) in [7, 11) is 0. The Morgan fingerprint density at radius 3 is 2.43 bits per heavy atom. The molecular formula is C15H25N3O3. The van der Waals surface area contributed by atoms with Crippen LogP contribution in [-0.2, 0) is 4.79 Å². The van der Waals surface area contributed by atoms with Gasteiger partial charge in [-0.25, -0.2) is 9.59 Å². The molecule has 1 aliphatic rings. The second-order valence-electron chi connectivity index (χ2n) is 6.13. The van der Waals surface area contributed by atoms with Gasteiger partial charge in [0.1, 0.15) is 5.54 Å². The van der Waals surface area contributed by atoms with Crippen LogP contribution in [0.1, 0.15) is 52.4 Å². The van der Waals surface area contributed by atoms with E-state index < -0.39 is 11.5 Å². The van der Waals surface area contributed by atoms with E-state index in [1.807, 2.05) is 19.9 Å². The van der Waals surface area contributed by atoms with E-state index in [1.54, 1.807) is 4.90 Å². The van der Waals surface area contributed by atoms with Gasteiger partial charge in [-0.15, -0.1) is 0 Å². The molecule has 0 unspecified atom stereocenters. The van der Waals surface area contributed by atoms with E-state index >= 15 is 0 Å². The van der Waals surface area contributed by atoms with Gasteiger partial charge < -0.3 is 15.3 Å². The Kier molecular flexibility index (Phi) is 6.47. The molecule has 1 aliphatic carbocycles. The minimum Gasteiger partial charge on any atom is -0.480 e. The van der Waals surface area contributed by atoms with Gasteiger partial charge in [-0.2, -0.15) is 5.26 Å². The SMILES string of the molecule is CC(C)CN(CCC#N)C(=O)NC1(C(=O)O)CCCCC1. The molecule has 21 heavy (non-hydrogen) atoms. The third kappa shape index (κ3) is 4.92. The number of nitriles is 1. The Labute approximate surface area is 126 Å². The smallest absolute Gasteiger partial charge is 0.329 e. The Balaban J connectivity index is 2.77. The first-order valence-corrected chi connectivity index (χ1v) is 7.59. The number of aliphatic carboxylic acids is 1. The molecule has 6 nitrogen and oxygen atoms in total. The van der Waals surface area contributed by atoms with Gasteiger partial charge in [0.2, 0.25) is 0 Å². The molecule has 0 aromatic heterocycles. The Bertz CT molecular complexity index is 409. The summed E-state index contributed by atoms with van der Waals surface area (Å²) in [6.45, 7) is 4.82. The van der Waals surface area contributed by atoms with Crippen LogP contribution in [0.3, 0.4) is 0 Å². The Morgan fingerprint density at radius 2 is 1.95 bits per heavy atom. The molecule has 2 amide bonds. The van der Waals surface area contributed by atoms with Crippen LogP contribution in [0, 0.1) is 17.2 Å². The van der Waals surface area contributed by atoms with Gasteiger partial charge in [-0.1, -0.05) is 33.1 Å². The topological polar surface area (TPSA) is 93.4 Å². The lowest BCUT2D eigenvalue weighted by molar-refractivity contribution is -0.146. The van der Waals surface area contributed by atoms with Crippen LogP contribution in [0.2, 0.25) is 0 Å². The summed E-state index contributed by atoms with van der Waals surface area (Å²) >= 11 is 0. The molecule has 1 saturated carbocycles. The zero-order chi connectivity index (χ0) is 15.9. The van der Waals surface area contributed by atoms with Gasteiger partial charge in [0.05, 0.1) is 12.5 Å². The number of nitrogens with zero attached hydrogens (tertiary/aromatic N) is 2. The molecule has 1 fully saturated rings. The number of carbonyl (C=O) groups is 2. The minimum atomic E-state index is -1.14. The van der Waals surface area contributed by atoms with Crippen LogP contribution < -0.4 is 5.32 Å². The van der Waals surface area contributed by atoms with Crippen molar-refractivity contribution in [3.05, 3.63) is 0 Å². The van der Waals surface area contributed by atoms with Crippen LogP contribution in [0.5, 0.6) is 0 Å². The molecule has 0 heterocycles. The number of urea groups is 1. The summed E-state index contributed by atoms with van der Waals surface area (Å²) < 4.78 is 0. The van der Waals surface area contributed by atoms with Crippen molar-refractivity contribution in [2.24, 2.45) is 5.92 Å². The van der Waals surface area contributed by atoms with Crippen molar-refractivity contribution >= 4 is 12.0 Å². The number of rotatable bonds is 6. The van der Waals surface area contributed by atoms with Gasteiger partial charge >= 0.3 is 12.0 Å². The van der Waals surface area contributed by atoms with E-state index in [2.05, 4.69) is 5.32 Å². The highest BCUT2D eigenvalue weighted by molar-refractivity contribution is 5.86. The summed E-state index contributed by atoms with van der Waals surface area (Å²) in [5.74, 6) is -0.693. The highest BCUT2D eigenvalue weighted by Gasteiger charge is 2.41. The third-order valence-corrected chi connectivity index (χ3v) is 3.83. The number of hydrogen-bond acceptors (Lipinski definition) is 3. The van der Waals surface area contributed by atoms with Crippen molar-refractivity contribution in [2.75, 3.05) is 13.1 Å². The van der Waals surface area contributed by atoms with Crippen molar-refractivity contribution in [3.8, 4) is 6.07 Å². The molecule has 0 aliphatic heterocycles. The van der Waals surface area contributed by atoms with Crippen LogP contribution in [0.15, 0.2) is 0 Å². The minimum absolute atomic E-state index is 0.250. The van der Waals surface area contributed by atoms with Crippen molar-refractivity contribution in [3.63, 3.8) is 0 Å². The number of hydrogen-bond donors (Lipinski definition) is 2. The summed E-state index contributed by atoms with van der Waals surface area (Å²) in [6, 6.07) is 1.65. The van der Waals surface area contributed by atoms with Crippen molar-refractivity contribution in [2.45, 2.75) is 57.9 Å². The maximum atomic E-state index is 12.4. The number of carbonyl (C=O) groups excluding carboxylic acids is 1. The third-order valence-electron chi connectivity index (χ3n) is 3.83. The summed E-state index contributed by atoms with van der Waals surface area (Å²) in [5.41, 5.74) is -1.14. The lowest BCUT2D eigenvalue weighted by Crippen LogP contribution is -2.59. The molecule has 118 valence electrons. The van der Waals surface area contributed by atoms with Gasteiger partial charge in [-0.05, 0) is 18.8 Å². The number of carboxylic acids is 1. The largest absolute Gasteiger partial charge is 0.480 e. The van der Waals surface area contributed by atoms with Crippen molar-refractivity contribution in [1.82, 2.24) is 10.2 Å². The predicted molar refractivity (Wildman–Crippen MR) is 78.6 cm³/mol. The molecule has 0 aromatic carbocycles. The first-order chi connectivity index (χ1) is 9.91. The fourth-order valence-electron chi connectivity index (χ4n) is 2.73. The summed E-state index contributed by atoms with van der Waals surface area (Å²) in [4.78, 5) is 25.5. The number of carboxylic acid groups (broad SMARTS) is 1. The molecule has 0 bridgehead atoms. The molecular weight excluding hydrogens is 270 g/mol. The molecule has 2 N–H and O–H groups in total. The summed E-state index contributed by atoms with van der Waals surface area (Å²) in [6.07, 6.45) is 3.84. The first-order valence-electron chi connectivity index (χ1n) is 7.59. The van der Waals surface area contributed by atoms with E-state index in [9.17, 15) is 14.7 Å². The van der Waals surface area contributed by atoms with Gasteiger partial charge in [0, 0.05) is 13.1 Å². The molecule has 0 saturated heterocycles. The van der Waals surface area contributed by atoms with Gasteiger partial charge in [-0.3, -0.25) is 0 Å². The van der Waals surface area contributed by atoms with E-state index in [-0.39, 0.29) is 18.4 Å². The highest BCUT2D eigenvalue weighted by Crippen LogP contribution is 2.28. The van der Waals surface area contributed by atoms with Gasteiger partial charge in [0.25, 0.3) is 0 Å². The maximum absolute atomic E-state index is 12.4. The monoisotopic (exact) mass is 295 g/mol. The average molecular weight is 295 g/mol. The van der Waals surface area contributed by atoms with Crippen LogP contribution in [0.4, 0.5) is 4.79 Å². The fraction of sp³-hybridized carbons (Fsp3) is 0.800. The molecule has 0 spiro atoms. The quantitative estimate of drug-likeness (QED) is 0.786. The Morgan fingerprint density at radius 1 is 1.33 bits per heavy atom. The lowest BCUT2D eigenvalue weighted by Gasteiger charge is -2.36. The second-order valence-corrected chi connectivity index (χ2v) is 6.13. The van der Waals surface area contributed by atoms with E-state index in [0.717, 1.165) is 19.3 Å². The first kappa shape index (κ1) is 17.3. The average Bonchev–Trinajstić information content (AvgIpc) is 2.43. The van der Waals surface area contributed by atoms with Crippen molar-refractivity contribution < 1.29 is 14.7 Å². The van der Waals surface area contributed by atoms with E-state index in [0.29, 0.717) is 25.9 Å². The highest BCUT2D eigenvalue weighted by atomic mass is 16.4. The van der Waals surface area contributed by atoms with Crippen LogP contribution in [-0.4, -0.2) is 40.6 Å². The molecule has 0 atom stereocenters. The molecule has 0 aromatic rings. The zero-order valence-electron chi connectivity index (χ0n) is 12.9. The van der Waals surface area contributed by atoms with Gasteiger partial charge in [0.15, 0.2) is 0 Å². The summed E-state index contributed by atoms with van der Waals surface area (Å²) in [5, 5.41) is 20.9. The Hall–Kier alpha value is -1.77. The predicted octanol–water partition coefficient (Wildman–Crippen LogP) is 2.36.